The molecule has 2 aromatic rings. The van der Waals surface area contributed by atoms with Crippen molar-refractivity contribution in [2.45, 2.75) is 25.4 Å². The smallest absolute Gasteiger partial charge is 0.406 e. The molecule has 0 spiro atoms. The predicted molar refractivity (Wildman–Crippen MR) is 86.1 cm³/mol. The quantitative estimate of drug-likeness (QED) is 0.910. The highest BCUT2D eigenvalue weighted by Crippen LogP contribution is 2.27. The van der Waals surface area contributed by atoms with Crippen LogP contribution >= 0.6 is 0 Å². The van der Waals surface area contributed by atoms with Crippen molar-refractivity contribution in [2.75, 3.05) is 0 Å². The second kappa shape index (κ2) is 6.70. The molecule has 0 fully saturated rings. The molecule has 1 atom stereocenters. The Labute approximate surface area is 147 Å². The van der Waals surface area contributed by atoms with E-state index in [9.17, 15) is 22.8 Å². The van der Waals surface area contributed by atoms with E-state index in [4.69, 9.17) is 5.73 Å². The Morgan fingerprint density at radius 1 is 1.04 bits per heavy atom. The third-order valence-electron chi connectivity index (χ3n) is 4.17. The fourth-order valence-corrected chi connectivity index (χ4v) is 2.96. The molecular formula is C18H15F3N2O3. The van der Waals surface area contributed by atoms with E-state index in [0.29, 0.717) is 6.42 Å². The number of rotatable bonds is 3. The van der Waals surface area contributed by atoms with Crippen molar-refractivity contribution in [1.82, 2.24) is 4.90 Å². The van der Waals surface area contributed by atoms with E-state index in [0.717, 1.165) is 23.3 Å². The van der Waals surface area contributed by atoms with Crippen molar-refractivity contribution in [3.05, 3.63) is 65.2 Å². The van der Waals surface area contributed by atoms with Crippen LogP contribution < -0.4 is 10.5 Å². The van der Waals surface area contributed by atoms with Gasteiger partial charge in [-0.1, -0.05) is 24.3 Å². The van der Waals surface area contributed by atoms with Crippen molar-refractivity contribution >= 4 is 11.8 Å². The van der Waals surface area contributed by atoms with Gasteiger partial charge in [0.1, 0.15) is 11.8 Å². The van der Waals surface area contributed by atoms with Gasteiger partial charge in [-0.15, -0.1) is 13.2 Å². The average Bonchev–Trinajstić information content (AvgIpc) is 2.59. The lowest BCUT2D eigenvalue weighted by Crippen LogP contribution is -2.51. The summed E-state index contributed by atoms with van der Waals surface area (Å²) in [5.74, 6) is -1.55. The van der Waals surface area contributed by atoms with E-state index in [1.165, 1.54) is 17.0 Å². The second-order valence-corrected chi connectivity index (χ2v) is 5.90. The number of ether oxygens (including phenoxy) is 1. The lowest BCUT2D eigenvalue weighted by Gasteiger charge is -2.35. The van der Waals surface area contributed by atoms with Gasteiger partial charge >= 0.3 is 6.36 Å². The number of nitrogens with zero attached hydrogens (tertiary/aromatic N) is 1. The average molecular weight is 364 g/mol. The molecule has 1 unspecified atom stereocenters. The molecule has 0 saturated carbocycles. The Kier molecular flexibility index (Phi) is 4.58. The van der Waals surface area contributed by atoms with Crippen molar-refractivity contribution in [3.63, 3.8) is 0 Å². The maximum atomic E-state index is 12.8. The van der Waals surface area contributed by atoms with Crippen molar-refractivity contribution in [3.8, 4) is 5.75 Å². The van der Waals surface area contributed by atoms with Gasteiger partial charge in [-0.2, -0.15) is 0 Å². The van der Waals surface area contributed by atoms with Crippen LogP contribution in [0.4, 0.5) is 13.2 Å². The second-order valence-electron chi connectivity index (χ2n) is 5.90. The Morgan fingerprint density at radius 2 is 1.65 bits per heavy atom. The number of carbonyl (C=O) groups is 2. The zero-order valence-electron chi connectivity index (χ0n) is 13.5. The van der Waals surface area contributed by atoms with Crippen molar-refractivity contribution in [2.24, 2.45) is 5.73 Å². The van der Waals surface area contributed by atoms with E-state index in [1.807, 2.05) is 24.3 Å². The topological polar surface area (TPSA) is 72.6 Å². The minimum absolute atomic E-state index is 0.144. The first kappa shape index (κ1) is 17.8. The fourth-order valence-electron chi connectivity index (χ4n) is 2.96. The van der Waals surface area contributed by atoms with E-state index in [1.54, 1.807) is 0 Å². The minimum Gasteiger partial charge on any atom is -0.406 e. The molecule has 3 rings (SSSR count). The first-order chi connectivity index (χ1) is 12.2. The fraction of sp³-hybridized carbons (Fsp3) is 0.222. The Morgan fingerprint density at radius 3 is 2.23 bits per heavy atom. The van der Waals surface area contributed by atoms with Gasteiger partial charge in [0.25, 0.3) is 5.91 Å². The number of amides is 2. The first-order valence-corrected chi connectivity index (χ1v) is 7.77. The summed E-state index contributed by atoms with van der Waals surface area (Å²) in [6.07, 6.45) is -4.51. The number of hydrogen-bond acceptors (Lipinski definition) is 3. The monoisotopic (exact) mass is 364 g/mol. The van der Waals surface area contributed by atoms with Crippen LogP contribution in [0.2, 0.25) is 0 Å². The molecule has 2 amide bonds. The third-order valence-corrected chi connectivity index (χ3v) is 4.17. The number of carbonyl (C=O) groups excluding carboxylic acids is 2. The largest absolute Gasteiger partial charge is 0.573 e. The summed E-state index contributed by atoms with van der Waals surface area (Å²) < 4.78 is 40.5. The molecule has 136 valence electrons. The van der Waals surface area contributed by atoms with Gasteiger partial charge in [0.05, 0.1) is 0 Å². The SMILES string of the molecule is NC(=O)C1Cc2ccccc2CN1C(=O)c1ccc(OC(F)(F)F)cc1. The summed E-state index contributed by atoms with van der Waals surface area (Å²) in [6, 6.07) is 11.1. The summed E-state index contributed by atoms with van der Waals surface area (Å²) in [7, 11) is 0. The summed E-state index contributed by atoms with van der Waals surface area (Å²) >= 11 is 0. The molecule has 0 radical (unpaired) electrons. The highest BCUT2D eigenvalue weighted by molar-refractivity contribution is 5.97. The summed E-state index contributed by atoms with van der Waals surface area (Å²) in [6.45, 7) is 0.198. The third kappa shape index (κ3) is 3.79. The molecule has 0 bridgehead atoms. The Hall–Kier alpha value is -3.03. The van der Waals surface area contributed by atoms with Crippen LogP contribution in [-0.2, 0) is 17.8 Å². The minimum atomic E-state index is -4.81. The molecule has 1 aliphatic heterocycles. The van der Waals surface area contributed by atoms with E-state index in [-0.39, 0.29) is 12.1 Å². The number of halogens is 3. The number of alkyl halides is 3. The zero-order valence-corrected chi connectivity index (χ0v) is 13.5. The van der Waals surface area contributed by atoms with Gasteiger partial charge in [-0.25, -0.2) is 0 Å². The van der Waals surface area contributed by atoms with Gasteiger partial charge < -0.3 is 15.4 Å². The van der Waals surface area contributed by atoms with Crippen LogP contribution in [-0.4, -0.2) is 29.1 Å². The molecule has 0 aliphatic carbocycles. The molecule has 26 heavy (non-hydrogen) atoms. The number of primary amides is 1. The lowest BCUT2D eigenvalue weighted by atomic mass is 9.93. The summed E-state index contributed by atoms with van der Waals surface area (Å²) in [4.78, 5) is 25.9. The Bertz CT molecular complexity index is 834. The zero-order chi connectivity index (χ0) is 18.9. The highest BCUT2D eigenvalue weighted by Gasteiger charge is 2.34. The van der Waals surface area contributed by atoms with Gasteiger partial charge in [-0.3, -0.25) is 9.59 Å². The van der Waals surface area contributed by atoms with Crippen LogP contribution in [0.25, 0.3) is 0 Å². The van der Waals surface area contributed by atoms with Gasteiger partial charge in [0.2, 0.25) is 5.91 Å². The van der Waals surface area contributed by atoms with Crippen molar-refractivity contribution in [1.29, 1.82) is 0 Å². The normalized spacial score (nSPS) is 16.7. The highest BCUT2D eigenvalue weighted by atomic mass is 19.4. The van der Waals surface area contributed by atoms with E-state index >= 15 is 0 Å². The van der Waals surface area contributed by atoms with Crippen LogP contribution in [0.1, 0.15) is 21.5 Å². The maximum absolute atomic E-state index is 12.8. The molecule has 0 aromatic heterocycles. The van der Waals surface area contributed by atoms with Crippen molar-refractivity contribution < 1.29 is 27.5 Å². The van der Waals surface area contributed by atoms with Crippen LogP contribution in [0.15, 0.2) is 48.5 Å². The summed E-state index contributed by atoms with van der Waals surface area (Å²) in [5, 5.41) is 0. The molecule has 1 heterocycles. The molecule has 2 aromatic carbocycles. The van der Waals surface area contributed by atoms with Gasteiger partial charge in [-0.05, 0) is 35.4 Å². The van der Waals surface area contributed by atoms with Crippen LogP contribution in [0.3, 0.4) is 0 Å². The molecular weight excluding hydrogens is 349 g/mol. The number of nitrogens with two attached hydrogens (primary N) is 1. The predicted octanol–water partition coefficient (Wildman–Crippen LogP) is 2.64. The standard InChI is InChI=1S/C18H15F3N2O3/c19-18(20,21)26-14-7-5-11(6-8-14)17(25)23-10-13-4-2-1-3-12(13)9-15(23)16(22)24/h1-8,15H,9-10H2,(H2,22,24). The molecule has 8 heteroatoms. The van der Waals surface area contributed by atoms with Crippen LogP contribution in [0.5, 0.6) is 5.75 Å². The number of fused-ring (bicyclic) bond motifs is 1. The molecule has 1 aliphatic rings. The molecule has 0 saturated heterocycles. The Balaban J connectivity index is 1.84. The first-order valence-electron chi connectivity index (χ1n) is 7.77. The van der Waals surface area contributed by atoms with E-state index < -0.39 is 30.0 Å². The van der Waals surface area contributed by atoms with Crippen LogP contribution in [0, 0.1) is 0 Å². The molecule has 5 nitrogen and oxygen atoms in total. The molecule has 2 N–H and O–H groups in total. The maximum Gasteiger partial charge on any atom is 0.573 e. The van der Waals surface area contributed by atoms with Gasteiger partial charge in [0.15, 0.2) is 0 Å². The number of benzene rings is 2. The van der Waals surface area contributed by atoms with E-state index in [2.05, 4.69) is 4.74 Å². The number of hydrogen-bond donors (Lipinski definition) is 1. The summed E-state index contributed by atoms with van der Waals surface area (Å²) in [5.41, 5.74) is 7.43. The lowest BCUT2D eigenvalue weighted by molar-refractivity contribution is -0.274. The van der Waals surface area contributed by atoms with Gasteiger partial charge in [0, 0.05) is 18.5 Å².